The quantitative estimate of drug-likeness (QED) is 0.434. The Morgan fingerprint density at radius 2 is 1.73 bits per heavy atom. The van der Waals surface area contributed by atoms with Gasteiger partial charge in [0.2, 0.25) is 11.8 Å². The third-order valence-corrected chi connectivity index (χ3v) is 9.47. The number of ether oxygens (including phenoxy) is 1. The van der Waals surface area contributed by atoms with Crippen LogP contribution in [0.2, 0.25) is 0 Å². The van der Waals surface area contributed by atoms with E-state index in [2.05, 4.69) is 53.3 Å². The van der Waals surface area contributed by atoms with Crippen molar-refractivity contribution in [1.82, 2.24) is 30.2 Å². The molecule has 1 aromatic heterocycles. The van der Waals surface area contributed by atoms with E-state index in [9.17, 15) is 14.4 Å². The number of amides is 3. The van der Waals surface area contributed by atoms with Crippen LogP contribution in [0.25, 0.3) is 0 Å². The van der Waals surface area contributed by atoms with Gasteiger partial charge in [0, 0.05) is 49.5 Å². The molecule has 3 aliphatic heterocycles. The van der Waals surface area contributed by atoms with E-state index in [1.54, 1.807) is 0 Å². The number of aryl methyl sites for hydroxylation is 2. The van der Waals surface area contributed by atoms with E-state index < -0.39 is 11.6 Å². The molecule has 3 aliphatic rings. The summed E-state index contributed by atoms with van der Waals surface area (Å²) in [6, 6.07) is 7.40. The Hall–Kier alpha value is -2.95. The summed E-state index contributed by atoms with van der Waals surface area (Å²) in [6.45, 7) is 14.6. The number of H-pyrrole nitrogens is 1. The van der Waals surface area contributed by atoms with E-state index in [4.69, 9.17) is 4.74 Å². The zero-order chi connectivity index (χ0) is 30.7. The van der Waals surface area contributed by atoms with Crippen molar-refractivity contribution in [2.24, 2.45) is 5.92 Å². The van der Waals surface area contributed by atoms with E-state index in [0.717, 1.165) is 35.4 Å². The van der Waals surface area contributed by atoms with Crippen LogP contribution in [0, 0.1) is 19.8 Å². The zero-order valence-electron chi connectivity index (χ0n) is 26.9. The van der Waals surface area contributed by atoms with Crippen LogP contribution in [0.1, 0.15) is 91.8 Å². The van der Waals surface area contributed by atoms with Gasteiger partial charge in [0.25, 0.3) is 5.91 Å². The first-order valence-corrected chi connectivity index (χ1v) is 16.0. The predicted molar refractivity (Wildman–Crippen MR) is 172 cm³/mol. The fraction of sp³-hybridized carbons (Fsp3) is 0.636. The highest BCUT2D eigenvalue weighted by Crippen LogP contribution is 2.40. The maximum atomic E-state index is 13.8. The standard InChI is InChI=1S/C33H48N6O4.ClH/c1-6-7-14-39-31(41)27(21-22(2)3)34-32(42)33(39)12-15-37(16-13-33)29(28-23(4)35-36-24(28)5)25-8-10-26(11-9-25)30(40)38-17-19-43-20-18-38;/h8-11,22,27,29H,6-7,12-21H2,1-5H3,(H,34,42)(H,35,36);1H/t27-,29?;/m0./s1. The Balaban J connectivity index is 0.00000442. The van der Waals surface area contributed by atoms with Gasteiger partial charge in [-0.25, -0.2) is 0 Å². The van der Waals surface area contributed by atoms with E-state index >= 15 is 0 Å². The smallest absolute Gasteiger partial charge is 0.254 e. The minimum Gasteiger partial charge on any atom is -0.378 e. The van der Waals surface area contributed by atoms with Gasteiger partial charge in [0.1, 0.15) is 11.6 Å². The number of likely N-dealkylation sites (tertiary alicyclic amines) is 1. The molecule has 5 rings (SSSR count). The summed E-state index contributed by atoms with van der Waals surface area (Å²) >= 11 is 0. The second-order valence-corrected chi connectivity index (χ2v) is 12.8. The molecule has 3 saturated heterocycles. The maximum Gasteiger partial charge on any atom is 0.254 e. The number of halogens is 1. The van der Waals surface area contributed by atoms with Crippen LogP contribution in [-0.2, 0) is 14.3 Å². The van der Waals surface area contributed by atoms with Gasteiger partial charge in [-0.2, -0.15) is 5.10 Å². The number of rotatable bonds is 9. The molecule has 11 heteroatoms. The number of piperidine rings is 1. The van der Waals surface area contributed by atoms with Gasteiger partial charge in [-0.3, -0.25) is 24.4 Å². The molecule has 2 aromatic rings. The SMILES string of the molecule is CCCCN1C(=O)[C@H](CC(C)C)NC(=O)C12CCN(C(c1ccc(C(=O)N3CCOCC3)cc1)c1c(C)n[nH]c1C)CC2.Cl. The number of nitrogens with one attached hydrogen (secondary N) is 2. The molecule has 44 heavy (non-hydrogen) atoms. The lowest BCUT2D eigenvalue weighted by atomic mass is 9.79. The maximum absolute atomic E-state index is 13.8. The lowest BCUT2D eigenvalue weighted by Crippen LogP contribution is -2.73. The highest BCUT2D eigenvalue weighted by Gasteiger charge is 2.54. The summed E-state index contributed by atoms with van der Waals surface area (Å²) in [5, 5.41) is 10.8. The Bertz CT molecular complexity index is 1280. The van der Waals surface area contributed by atoms with Gasteiger partial charge in [-0.1, -0.05) is 39.3 Å². The average Bonchev–Trinajstić information content (AvgIpc) is 3.34. The van der Waals surface area contributed by atoms with Gasteiger partial charge in [-0.15, -0.1) is 12.4 Å². The number of hydrogen-bond acceptors (Lipinski definition) is 6. The van der Waals surface area contributed by atoms with Gasteiger partial charge in [0.15, 0.2) is 0 Å². The lowest BCUT2D eigenvalue weighted by Gasteiger charge is -2.52. The monoisotopic (exact) mass is 628 g/mol. The average molecular weight is 629 g/mol. The van der Waals surface area contributed by atoms with Crippen molar-refractivity contribution >= 4 is 30.1 Å². The van der Waals surface area contributed by atoms with Crippen molar-refractivity contribution in [3.05, 3.63) is 52.3 Å². The second-order valence-electron chi connectivity index (χ2n) is 12.8. The molecule has 242 valence electrons. The van der Waals surface area contributed by atoms with Gasteiger partial charge in [-0.05, 0) is 63.1 Å². The fourth-order valence-corrected chi connectivity index (χ4v) is 7.08. The second kappa shape index (κ2) is 14.4. The summed E-state index contributed by atoms with van der Waals surface area (Å²) in [5.74, 6) is 0.398. The van der Waals surface area contributed by atoms with Crippen LogP contribution in [-0.4, -0.2) is 100 Å². The first-order valence-electron chi connectivity index (χ1n) is 16.0. The molecule has 0 radical (unpaired) electrons. The van der Waals surface area contributed by atoms with Crippen molar-refractivity contribution in [2.45, 2.75) is 84.3 Å². The van der Waals surface area contributed by atoms with Crippen molar-refractivity contribution in [3.63, 3.8) is 0 Å². The van der Waals surface area contributed by atoms with Crippen molar-refractivity contribution in [1.29, 1.82) is 0 Å². The van der Waals surface area contributed by atoms with Gasteiger partial charge >= 0.3 is 0 Å². The minimum atomic E-state index is -0.824. The Morgan fingerprint density at radius 3 is 2.30 bits per heavy atom. The zero-order valence-corrected chi connectivity index (χ0v) is 27.7. The van der Waals surface area contributed by atoms with Crippen LogP contribution < -0.4 is 5.32 Å². The molecular weight excluding hydrogens is 580 g/mol. The number of morpholine rings is 1. The summed E-state index contributed by atoms with van der Waals surface area (Å²) in [7, 11) is 0. The van der Waals surface area contributed by atoms with Crippen LogP contribution in [0.3, 0.4) is 0 Å². The molecular formula is C33H49ClN6O4. The number of nitrogens with zero attached hydrogens (tertiary/aromatic N) is 4. The highest BCUT2D eigenvalue weighted by molar-refractivity contribution is 6.00. The van der Waals surface area contributed by atoms with Crippen LogP contribution >= 0.6 is 12.4 Å². The molecule has 0 bridgehead atoms. The molecule has 1 aromatic carbocycles. The number of hydrogen-bond donors (Lipinski definition) is 2. The van der Waals surface area contributed by atoms with Crippen LogP contribution in [0.4, 0.5) is 0 Å². The third-order valence-electron chi connectivity index (χ3n) is 9.47. The third kappa shape index (κ3) is 6.67. The minimum absolute atomic E-state index is 0. The number of aromatic amines is 1. The summed E-state index contributed by atoms with van der Waals surface area (Å²) < 4.78 is 5.41. The summed E-state index contributed by atoms with van der Waals surface area (Å²) in [5.41, 5.74) is 3.97. The molecule has 1 unspecified atom stereocenters. The largest absolute Gasteiger partial charge is 0.378 e. The molecule has 0 aliphatic carbocycles. The molecule has 3 fully saturated rings. The van der Waals surface area contributed by atoms with E-state index in [1.807, 2.05) is 35.8 Å². The van der Waals surface area contributed by atoms with E-state index in [-0.39, 0.29) is 36.2 Å². The molecule has 3 amide bonds. The first kappa shape index (κ1) is 33.9. The predicted octanol–water partition coefficient (Wildman–Crippen LogP) is 4.02. The van der Waals surface area contributed by atoms with Gasteiger partial charge in [0.05, 0.1) is 24.9 Å². The normalized spacial score (nSPS) is 21.4. The molecule has 0 saturated carbocycles. The van der Waals surface area contributed by atoms with Gasteiger partial charge < -0.3 is 19.9 Å². The van der Waals surface area contributed by atoms with Crippen molar-refractivity contribution in [3.8, 4) is 0 Å². The molecule has 4 heterocycles. The molecule has 2 atom stereocenters. The van der Waals surface area contributed by atoms with Crippen LogP contribution in [0.5, 0.6) is 0 Å². The number of piperazine rings is 1. The number of carbonyl (C=O) groups excluding carboxylic acids is 3. The molecule has 2 N–H and O–H groups in total. The van der Waals surface area contributed by atoms with E-state index in [0.29, 0.717) is 76.7 Å². The van der Waals surface area contributed by atoms with Crippen molar-refractivity contribution < 1.29 is 19.1 Å². The van der Waals surface area contributed by atoms with Crippen LogP contribution in [0.15, 0.2) is 24.3 Å². The summed E-state index contributed by atoms with van der Waals surface area (Å²) in [6.07, 6.45) is 3.64. The van der Waals surface area contributed by atoms with Crippen molar-refractivity contribution in [2.75, 3.05) is 45.9 Å². The first-order chi connectivity index (χ1) is 20.7. The highest BCUT2D eigenvalue weighted by atomic mass is 35.5. The molecule has 10 nitrogen and oxygen atoms in total. The number of unbranched alkanes of at least 4 members (excludes halogenated alkanes) is 1. The Kier molecular flexibility index (Phi) is 11.1. The van der Waals surface area contributed by atoms with E-state index in [1.165, 1.54) is 0 Å². The number of carbonyl (C=O) groups is 3. The number of aromatic nitrogens is 2. The number of benzene rings is 1. The summed E-state index contributed by atoms with van der Waals surface area (Å²) in [4.78, 5) is 46.9. The topological polar surface area (TPSA) is 111 Å². The fourth-order valence-electron chi connectivity index (χ4n) is 7.08. The molecule has 1 spiro atoms. The Morgan fingerprint density at radius 1 is 1.07 bits per heavy atom. The lowest BCUT2D eigenvalue weighted by molar-refractivity contribution is -0.162. The Labute approximate surface area is 267 Å².